The summed E-state index contributed by atoms with van der Waals surface area (Å²) in [6.45, 7) is 0.501. The van der Waals surface area contributed by atoms with E-state index < -0.39 is 6.04 Å². The van der Waals surface area contributed by atoms with Crippen LogP contribution in [0.15, 0.2) is 60.8 Å². The Morgan fingerprint density at radius 3 is 2.57 bits per heavy atom. The summed E-state index contributed by atoms with van der Waals surface area (Å²) in [5, 5.41) is 4.00. The van der Waals surface area contributed by atoms with Crippen molar-refractivity contribution in [2.45, 2.75) is 19.0 Å². The first-order chi connectivity index (χ1) is 10.7. The molecule has 0 aliphatic rings. The SMILES string of the molecule is Cl.NC(Cc1c[nH]c2ccccc12)C(=O)NCc1ccccc1. The molecule has 23 heavy (non-hydrogen) atoms. The van der Waals surface area contributed by atoms with Crippen LogP contribution in [0.4, 0.5) is 0 Å². The van der Waals surface area contributed by atoms with Crippen molar-refractivity contribution in [2.24, 2.45) is 5.73 Å². The molecule has 0 saturated carbocycles. The normalized spacial score (nSPS) is 11.7. The fraction of sp³-hybridized carbons (Fsp3) is 0.167. The van der Waals surface area contributed by atoms with Gasteiger partial charge in [-0.05, 0) is 23.6 Å². The van der Waals surface area contributed by atoms with Gasteiger partial charge in [0, 0.05) is 23.6 Å². The largest absolute Gasteiger partial charge is 0.361 e. The second kappa shape index (κ2) is 7.81. The molecule has 0 aliphatic heterocycles. The highest BCUT2D eigenvalue weighted by atomic mass is 35.5. The summed E-state index contributed by atoms with van der Waals surface area (Å²) in [7, 11) is 0. The standard InChI is InChI=1S/C18H19N3O.ClH/c19-16(18(22)21-11-13-6-2-1-3-7-13)10-14-12-20-17-9-5-4-8-15(14)17;/h1-9,12,16,20H,10-11,19H2,(H,21,22);1H. The molecule has 1 aromatic heterocycles. The van der Waals surface area contributed by atoms with Crippen molar-refractivity contribution in [3.63, 3.8) is 0 Å². The number of benzene rings is 2. The molecule has 3 aromatic rings. The molecule has 120 valence electrons. The van der Waals surface area contributed by atoms with Crippen LogP contribution in [0.5, 0.6) is 0 Å². The Hall–Kier alpha value is -2.30. The predicted octanol–water partition coefficient (Wildman–Crippen LogP) is 2.78. The number of carbonyl (C=O) groups is 1. The van der Waals surface area contributed by atoms with Gasteiger partial charge < -0.3 is 16.0 Å². The van der Waals surface area contributed by atoms with E-state index in [-0.39, 0.29) is 18.3 Å². The number of nitrogens with one attached hydrogen (secondary N) is 2. The molecule has 2 aromatic carbocycles. The van der Waals surface area contributed by atoms with Crippen molar-refractivity contribution in [1.82, 2.24) is 10.3 Å². The summed E-state index contributed by atoms with van der Waals surface area (Å²) in [5.41, 5.74) is 9.23. The fourth-order valence-electron chi connectivity index (χ4n) is 2.55. The average molecular weight is 330 g/mol. The number of fused-ring (bicyclic) bond motifs is 1. The molecular formula is C18H20ClN3O. The molecular weight excluding hydrogens is 310 g/mol. The highest BCUT2D eigenvalue weighted by Gasteiger charge is 2.15. The highest BCUT2D eigenvalue weighted by molar-refractivity contribution is 5.86. The fourth-order valence-corrected chi connectivity index (χ4v) is 2.55. The van der Waals surface area contributed by atoms with Gasteiger partial charge in [0.05, 0.1) is 6.04 Å². The molecule has 1 amide bonds. The lowest BCUT2D eigenvalue weighted by Gasteiger charge is -2.12. The van der Waals surface area contributed by atoms with Crippen LogP contribution in [0.25, 0.3) is 10.9 Å². The van der Waals surface area contributed by atoms with Gasteiger partial charge in [0.2, 0.25) is 5.91 Å². The molecule has 0 spiro atoms. The molecule has 0 bridgehead atoms. The summed E-state index contributed by atoms with van der Waals surface area (Å²) < 4.78 is 0. The molecule has 4 N–H and O–H groups in total. The van der Waals surface area contributed by atoms with Gasteiger partial charge in [-0.15, -0.1) is 12.4 Å². The average Bonchev–Trinajstić information content (AvgIpc) is 2.97. The van der Waals surface area contributed by atoms with Crippen LogP contribution in [0.1, 0.15) is 11.1 Å². The van der Waals surface area contributed by atoms with Gasteiger partial charge in [0.15, 0.2) is 0 Å². The third-order valence-corrected chi connectivity index (χ3v) is 3.76. The van der Waals surface area contributed by atoms with E-state index in [1.165, 1.54) is 0 Å². The first-order valence-corrected chi connectivity index (χ1v) is 7.36. The number of nitrogens with two attached hydrogens (primary N) is 1. The number of halogens is 1. The summed E-state index contributed by atoms with van der Waals surface area (Å²) in [6.07, 6.45) is 2.44. The highest BCUT2D eigenvalue weighted by Crippen LogP contribution is 2.18. The van der Waals surface area contributed by atoms with Crippen LogP contribution in [-0.2, 0) is 17.8 Å². The number of carbonyl (C=O) groups excluding carboxylic acids is 1. The first-order valence-electron chi connectivity index (χ1n) is 7.36. The smallest absolute Gasteiger partial charge is 0.237 e. The Bertz CT molecular complexity index is 770. The third kappa shape index (κ3) is 4.12. The van der Waals surface area contributed by atoms with Crippen LogP contribution < -0.4 is 11.1 Å². The molecule has 0 aliphatic carbocycles. The molecule has 0 saturated heterocycles. The zero-order chi connectivity index (χ0) is 15.4. The van der Waals surface area contributed by atoms with Gasteiger partial charge in [-0.1, -0.05) is 48.5 Å². The van der Waals surface area contributed by atoms with Gasteiger partial charge >= 0.3 is 0 Å². The van der Waals surface area contributed by atoms with Gasteiger partial charge in [-0.2, -0.15) is 0 Å². The minimum Gasteiger partial charge on any atom is -0.361 e. The Morgan fingerprint density at radius 2 is 1.78 bits per heavy atom. The van der Waals surface area contributed by atoms with E-state index in [9.17, 15) is 4.79 Å². The molecule has 5 heteroatoms. The van der Waals surface area contributed by atoms with E-state index in [1.54, 1.807) is 0 Å². The van der Waals surface area contributed by atoms with Crippen molar-refractivity contribution in [3.05, 3.63) is 71.9 Å². The molecule has 3 rings (SSSR count). The van der Waals surface area contributed by atoms with Crippen LogP contribution in [0.2, 0.25) is 0 Å². The van der Waals surface area contributed by atoms with Crippen LogP contribution in [-0.4, -0.2) is 16.9 Å². The second-order valence-electron chi connectivity index (χ2n) is 5.37. The number of rotatable bonds is 5. The van der Waals surface area contributed by atoms with E-state index >= 15 is 0 Å². The van der Waals surface area contributed by atoms with E-state index in [0.29, 0.717) is 13.0 Å². The minimum atomic E-state index is -0.553. The molecule has 4 nitrogen and oxygen atoms in total. The number of hydrogen-bond donors (Lipinski definition) is 3. The van der Waals surface area contributed by atoms with Crippen molar-refractivity contribution in [3.8, 4) is 0 Å². The maximum absolute atomic E-state index is 12.1. The van der Waals surface area contributed by atoms with Crippen molar-refractivity contribution in [1.29, 1.82) is 0 Å². The van der Waals surface area contributed by atoms with Crippen LogP contribution in [0, 0.1) is 0 Å². The van der Waals surface area contributed by atoms with Crippen LogP contribution >= 0.6 is 12.4 Å². The molecule has 0 fully saturated rings. The van der Waals surface area contributed by atoms with E-state index in [1.807, 2.05) is 60.8 Å². The Labute approximate surface area is 141 Å². The Balaban J connectivity index is 0.00000192. The van der Waals surface area contributed by atoms with E-state index in [4.69, 9.17) is 5.73 Å². The van der Waals surface area contributed by atoms with Crippen LogP contribution in [0.3, 0.4) is 0 Å². The third-order valence-electron chi connectivity index (χ3n) is 3.76. The van der Waals surface area contributed by atoms with Gasteiger partial charge in [0.25, 0.3) is 0 Å². The summed E-state index contributed by atoms with van der Waals surface area (Å²) >= 11 is 0. The Morgan fingerprint density at radius 1 is 1.09 bits per heavy atom. The van der Waals surface area contributed by atoms with Gasteiger partial charge in [-0.25, -0.2) is 0 Å². The van der Waals surface area contributed by atoms with Crippen molar-refractivity contribution >= 4 is 29.2 Å². The lowest BCUT2D eigenvalue weighted by atomic mass is 10.0. The summed E-state index contributed by atoms with van der Waals surface area (Å²) in [5.74, 6) is -0.130. The monoisotopic (exact) mass is 329 g/mol. The topological polar surface area (TPSA) is 70.9 Å². The lowest BCUT2D eigenvalue weighted by Crippen LogP contribution is -2.41. The van der Waals surface area contributed by atoms with Crippen molar-refractivity contribution in [2.75, 3.05) is 0 Å². The minimum absolute atomic E-state index is 0. The maximum Gasteiger partial charge on any atom is 0.237 e. The zero-order valence-electron chi connectivity index (χ0n) is 12.7. The number of H-pyrrole nitrogens is 1. The number of aromatic nitrogens is 1. The molecule has 1 atom stereocenters. The molecule has 0 radical (unpaired) electrons. The number of hydrogen-bond acceptors (Lipinski definition) is 2. The van der Waals surface area contributed by atoms with E-state index in [0.717, 1.165) is 22.0 Å². The second-order valence-corrected chi connectivity index (χ2v) is 5.37. The lowest BCUT2D eigenvalue weighted by molar-refractivity contribution is -0.122. The zero-order valence-corrected chi connectivity index (χ0v) is 13.5. The molecule has 1 heterocycles. The number of para-hydroxylation sites is 1. The predicted molar refractivity (Wildman–Crippen MR) is 95.5 cm³/mol. The summed E-state index contributed by atoms with van der Waals surface area (Å²) in [6, 6.07) is 17.3. The van der Waals surface area contributed by atoms with Crippen molar-refractivity contribution < 1.29 is 4.79 Å². The van der Waals surface area contributed by atoms with Gasteiger partial charge in [0.1, 0.15) is 0 Å². The van der Waals surface area contributed by atoms with E-state index in [2.05, 4.69) is 10.3 Å². The van der Waals surface area contributed by atoms with Gasteiger partial charge in [-0.3, -0.25) is 4.79 Å². The molecule has 1 unspecified atom stereocenters. The quantitative estimate of drug-likeness (QED) is 0.673. The maximum atomic E-state index is 12.1. The number of aromatic amines is 1. The summed E-state index contributed by atoms with van der Waals surface area (Å²) in [4.78, 5) is 15.3. The Kier molecular flexibility index (Phi) is 5.79. The first kappa shape index (κ1) is 17.1. The number of amides is 1.